The Bertz CT molecular complexity index is 1530. The summed E-state index contributed by atoms with van der Waals surface area (Å²) >= 11 is 0. The van der Waals surface area contributed by atoms with E-state index in [9.17, 15) is 9.59 Å². The number of fused-ring (bicyclic) bond motifs is 3. The topological polar surface area (TPSA) is 40.6 Å². The first kappa shape index (κ1) is 22.3. The van der Waals surface area contributed by atoms with E-state index in [-0.39, 0.29) is 17.2 Å². The molecule has 0 fully saturated rings. The number of nitrogens with zero attached hydrogens (tertiary/aromatic N) is 2. The van der Waals surface area contributed by atoms with Crippen molar-refractivity contribution in [1.82, 2.24) is 0 Å². The predicted molar refractivity (Wildman–Crippen MR) is 145 cm³/mol. The van der Waals surface area contributed by atoms with Crippen molar-refractivity contribution >= 4 is 34.6 Å². The van der Waals surface area contributed by atoms with Gasteiger partial charge in [-0.15, -0.1) is 0 Å². The lowest BCUT2D eigenvalue weighted by Crippen LogP contribution is -2.32. The van der Waals surface area contributed by atoms with Gasteiger partial charge in [0.2, 0.25) is 0 Å². The first-order valence-electron chi connectivity index (χ1n) is 12.3. The van der Waals surface area contributed by atoms with E-state index < -0.39 is 0 Å². The SMILES string of the molecule is Cc1cc(C)c(N2C(=O)c3cccc(N4c5ccccc5C(C)(C)c5ccccc54)c3C2=O)c(C)c1. The lowest BCUT2D eigenvalue weighted by atomic mass is 9.73. The third-order valence-electron chi connectivity index (χ3n) is 7.63. The van der Waals surface area contributed by atoms with Gasteiger partial charge in [0.05, 0.1) is 33.9 Å². The van der Waals surface area contributed by atoms with E-state index in [4.69, 9.17) is 0 Å². The summed E-state index contributed by atoms with van der Waals surface area (Å²) < 4.78 is 0. The second-order valence-electron chi connectivity index (χ2n) is 10.4. The number of carbonyl (C=O) groups is 2. The molecule has 4 heteroatoms. The molecule has 0 N–H and O–H groups in total. The molecule has 0 saturated heterocycles. The maximum absolute atomic E-state index is 14.1. The Balaban J connectivity index is 1.59. The van der Waals surface area contributed by atoms with Gasteiger partial charge in [-0.1, -0.05) is 74.0 Å². The van der Waals surface area contributed by atoms with E-state index in [0.717, 1.165) is 33.8 Å². The molecule has 0 unspecified atom stereocenters. The highest BCUT2D eigenvalue weighted by Crippen LogP contribution is 2.53. The molecule has 4 nitrogen and oxygen atoms in total. The highest BCUT2D eigenvalue weighted by Gasteiger charge is 2.43. The number of para-hydroxylation sites is 2. The Morgan fingerprint density at radius 3 is 1.72 bits per heavy atom. The van der Waals surface area contributed by atoms with Crippen LogP contribution in [-0.2, 0) is 5.41 Å². The molecule has 0 bridgehead atoms. The molecule has 4 aromatic rings. The molecule has 4 aromatic carbocycles. The lowest BCUT2D eigenvalue weighted by Gasteiger charge is -2.42. The predicted octanol–water partition coefficient (Wildman–Crippen LogP) is 7.52. The maximum atomic E-state index is 14.1. The van der Waals surface area contributed by atoms with E-state index in [1.807, 2.05) is 57.2 Å². The molecule has 0 saturated carbocycles. The van der Waals surface area contributed by atoms with Gasteiger partial charge in [-0.25, -0.2) is 4.90 Å². The fraction of sp³-hybridized carbons (Fsp3) is 0.188. The number of aryl methyl sites for hydroxylation is 3. The van der Waals surface area contributed by atoms with Crippen LogP contribution in [0.2, 0.25) is 0 Å². The Kier molecular flexibility index (Phi) is 4.74. The van der Waals surface area contributed by atoms with Gasteiger partial charge in [0, 0.05) is 5.41 Å². The van der Waals surface area contributed by atoms with Gasteiger partial charge in [-0.3, -0.25) is 9.59 Å². The molecule has 36 heavy (non-hydrogen) atoms. The zero-order valence-corrected chi connectivity index (χ0v) is 21.2. The van der Waals surface area contributed by atoms with Crippen LogP contribution in [0.1, 0.15) is 62.4 Å². The maximum Gasteiger partial charge on any atom is 0.268 e. The monoisotopic (exact) mass is 472 g/mol. The normalized spacial score (nSPS) is 15.6. The summed E-state index contributed by atoms with van der Waals surface area (Å²) in [5.74, 6) is -0.550. The molecule has 0 aliphatic carbocycles. The zero-order chi connectivity index (χ0) is 25.4. The summed E-state index contributed by atoms with van der Waals surface area (Å²) in [6.45, 7) is 10.4. The largest absolute Gasteiger partial charge is 0.309 e. The van der Waals surface area contributed by atoms with Crippen molar-refractivity contribution in [2.75, 3.05) is 9.80 Å². The van der Waals surface area contributed by atoms with Crippen LogP contribution in [0.3, 0.4) is 0 Å². The Hall–Kier alpha value is -4.18. The molecular weight excluding hydrogens is 444 g/mol. The molecule has 178 valence electrons. The molecule has 0 spiro atoms. The number of hydrogen-bond donors (Lipinski definition) is 0. The van der Waals surface area contributed by atoms with E-state index in [0.29, 0.717) is 16.8 Å². The Morgan fingerprint density at radius 1 is 0.611 bits per heavy atom. The van der Waals surface area contributed by atoms with Crippen molar-refractivity contribution in [3.63, 3.8) is 0 Å². The summed E-state index contributed by atoms with van der Waals surface area (Å²) in [4.78, 5) is 31.3. The van der Waals surface area contributed by atoms with Crippen molar-refractivity contribution < 1.29 is 9.59 Å². The van der Waals surface area contributed by atoms with Crippen LogP contribution in [-0.4, -0.2) is 11.8 Å². The van der Waals surface area contributed by atoms with Crippen molar-refractivity contribution in [2.45, 2.75) is 40.0 Å². The fourth-order valence-corrected chi connectivity index (χ4v) is 6.11. The second kappa shape index (κ2) is 7.66. The molecule has 0 radical (unpaired) electrons. The van der Waals surface area contributed by atoms with E-state index in [1.54, 1.807) is 6.07 Å². The quantitative estimate of drug-likeness (QED) is 0.283. The third-order valence-corrected chi connectivity index (χ3v) is 7.63. The summed E-state index contributed by atoms with van der Waals surface area (Å²) in [5.41, 5.74) is 9.44. The van der Waals surface area contributed by atoms with E-state index in [1.165, 1.54) is 16.0 Å². The molecule has 0 aromatic heterocycles. The summed E-state index contributed by atoms with van der Waals surface area (Å²) in [6, 6.07) is 26.3. The minimum Gasteiger partial charge on any atom is -0.309 e. The first-order valence-corrected chi connectivity index (χ1v) is 12.3. The number of rotatable bonds is 2. The lowest BCUT2D eigenvalue weighted by molar-refractivity contribution is 0.0926. The molecule has 0 atom stereocenters. The highest BCUT2D eigenvalue weighted by molar-refractivity contribution is 6.36. The molecule has 6 rings (SSSR count). The van der Waals surface area contributed by atoms with Crippen molar-refractivity contribution in [3.8, 4) is 0 Å². The van der Waals surface area contributed by atoms with E-state index >= 15 is 0 Å². The zero-order valence-electron chi connectivity index (χ0n) is 21.2. The summed E-state index contributed by atoms with van der Waals surface area (Å²) in [6.07, 6.45) is 0. The number of anilines is 4. The number of carbonyl (C=O) groups excluding carboxylic acids is 2. The summed E-state index contributed by atoms with van der Waals surface area (Å²) in [5, 5.41) is 0. The van der Waals surface area contributed by atoms with Crippen LogP contribution in [0.25, 0.3) is 0 Å². The van der Waals surface area contributed by atoms with Crippen LogP contribution in [0.4, 0.5) is 22.7 Å². The third kappa shape index (κ3) is 2.94. The van der Waals surface area contributed by atoms with Crippen LogP contribution in [0, 0.1) is 20.8 Å². The average Bonchev–Trinajstić information content (AvgIpc) is 3.10. The van der Waals surface area contributed by atoms with Gasteiger partial charge < -0.3 is 4.90 Å². The van der Waals surface area contributed by atoms with Crippen molar-refractivity contribution in [2.24, 2.45) is 0 Å². The van der Waals surface area contributed by atoms with Gasteiger partial charge in [-0.05, 0) is 67.3 Å². The van der Waals surface area contributed by atoms with Crippen LogP contribution in [0.5, 0.6) is 0 Å². The minimum absolute atomic E-state index is 0.205. The van der Waals surface area contributed by atoms with Crippen molar-refractivity contribution in [3.05, 3.63) is 118 Å². The molecular formula is C32H28N2O2. The smallest absolute Gasteiger partial charge is 0.268 e. The number of benzene rings is 4. The van der Waals surface area contributed by atoms with Crippen LogP contribution >= 0.6 is 0 Å². The Morgan fingerprint density at radius 2 is 1.14 bits per heavy atom. The van der Waals surface area contributed by atoms with E-state index in [2.05, 4.69) is 55.1 Å². The molecule has 2 amide bonds. The Labute approximate surface area is 211 Å². The second-order valence-corrected chi connectivity index (χ2v) is 10.4. The number of amides is 2. The number of hydrogen-bond acceptors (Lipinski definition) is 3. The van der Waals surface area contributed by atoms with Gasteiger partial charge in [0.25, 0.3) is 11.8 Å². The molecule has 2 aliphatic rings. The molecule has 2 heterocycles. The standard InChI is InChI=1S/C32H28N2O2/c1-19-17-20(2)29(21(3)18-19)34-30(35)22-11-10-16-27(28(22)31(34)36)33-25-14-8-6-12-23(25)32(4,5)24-13-7-9-15-26(24)33/h6-18H,1-5H3. The molecule has 2 aliphatic heterocycles. The fourth-order valence-electron chi connectivity index (χ4n) is 6.11. The summed E-state index contributed by atoms with van der Waals surface area (Å²) in [7, 11) is 0. The number of imide groups is 1. The van der Waals surface area contributed by atoms with Crippen molar-refractivity contribution in [1.29, 1.82) is 0 Å². The minimum atomic E-state index is -0.277. The highest BCUT2D eigenvalue weighted by atomic mass is 16.2. The van der Waals surface area contributed by atoms with Crippen LogP contribution in [0.15, 0.2) is 78.9 Å². The van der Waals surface area contributed by atoms with Gasteiger partial charge >= 0.3 is 0 Å². The van der Waals surface area contributed by atoms with Crippen LogP contribution < -0.4 is 9.80 Å². The van der Waals surface area contributed by atoms with Gasteiger partial charge in [0.1, 0.15) is 0 Å². The van der Waals surface area contributed by atoms with Gasteiger partial charge in [0.15, 0.2) is 0 Å². The average molecular weight is 473 g/mol. The van der Waals surface area contributed by atoms with Gasteiger partial charge in [-0.2, -0.15) is 0 Å². The first-order chi connectivity index (χ1) is 17.2.